The molecule has 0 aliphatic rings. The summed E-state index contributed by atoms with van der Waals surface area (Å²) in [5.74, 6) is 1.60. The third-order valence-electron chi connectivity index (χ3n) is 2.78. The quantitative estimate of drug-likeness (QED) is 0.568. The number of nitrogen functional groups attached to an aromatic ring is 1. The van der Waals surface area contributed by atoms with Gasteiger partial charge in [-0.3, -0.25) is 4.79 Å². The molecular formula is C14H22N2O2S. The summed E-state index contributed by atoms with van der Waals surface area (Å²) in [5, 5.41) is 2.90. The topological polar surface area (TPSA) is 64.3 Å². The van der Waals surface area contributed by atoms with Crippen LogP contribution in [0.25, 0.3) is 0 Å². The third-order valence-corrected chi connectivity index (χ3v) is 3.48. The highest BCUT2D eigenvalue weighted by molar-refractivity contribution is 7.98. The number of hydrogen-bond donors (Lipinski definition) is 2. The number of nitrogens with one attached hydrogen (secondary N) is 1. The van der Waals surface area contributed by atoms with Gasteiger partial charge >= 0.3 is 0 Å². The van der Waals surface area contributed by atoms with E-state index < -0.39 is 0 Å². The fraction of sp³-hybridized carbons (Fsp3) is 0.500. The molecule has 0 bridgehead atoms. The molecule has 0 radical (unpaired) electrons. The molecule has 0 unspecified atom stereocenters. The number of carbonyl (C=O) groups is 1. The van der Waals surface area contributed by atoms with Crippen LogP contribution in [0.4, 0.5) is 5.69 Å². The van der Waals surface area contributed by atoms with Gasteiger partial charge in [-0.15, -0.1) is 0 Å². The van der Waals surface area contributed by atoms with Crippen molar-refractivity contribution in [2.45, 2.75) is 19.3 Å². The minimum atomic E-state index is -0.131. The zero-order chi connectivity index (χ0) is 14.1. The van der Waals surface area contributed by atoms with Gasteiger partial charge in [-0.2, -0.15) is 11.8 Å². The molecule has 0 aliphatic heterocycles. The molecule has 0 fully saturated rings. The second-order valence-corrected chi connectivity index (χ2v) is 5.25. The van der Waals surface area contributed by atoms with E-state index in [0.29, 0.717) is 23.5 Å². The minimum Gasteiger partial charge on any atom is -0.496 e. The first kappa shape index (κ1) is 15.7. The first-order valence-electron chi connectivity index (χ1n) is 6.39. The lowest BCUT2D eigenvalue weighted by molar-refractivity contribution is 0.0950. The SMILES string of the molecule is COc1ccc(N)cc1C(=O)NCCCCCSC. The second kappa shape index (κ2) is 8.69. The first-order chi connectivity index (χ1) is 9.19. The number of nitrogens with two attached hydrogens (primary N) is 1. The van der Waals surface area contributed by atoms with Crippen LogP contribution in [-0.4, -0.2) is 31.6 Å². The average molecular weight is 282 g/mol. The van der Waals surface area contributed by atoms with Gasteiger partial charge in [0.25, 0.3) is 5.91 Å². The fourth-order valence-electron chi connectivity index (χ4n) is 1.75. The molecular weight excluding hydrogens is 260 g/mol. The van der Waals surface area contributed by atoms with Crippen LogP contribution in [-0.2, 0) is 0 Å². The lowest BCUT2D eigenvalue weighted by Crippen LogP contribution is -2.25. The minimum absolute atomic E-state index is 0.131. The van der Waals surface area contributed by atoms with E-state index in [9.17, 15) is 4.79 Å². The molecule has 1 amide bonds. The number of carbonyl (C=O) groups excluding carboxylic acids is 1. The van der Waals surface area contributed by atoms with Gasteiger partial charge in [0.05, 0.1) is 12.7 Å². The van der Waals surface area contributed by atoms with Gasteiger partial charge in [0.1, 0.15) is 5.75 Å². The van der Waals surface area contributed by atoms with E-state index >= 15 is 0 Å². The summed E-state index contributed by atoms with van der Waals surface area (Å²) in [5.41, 5.74) is 6.75. The lowest BCUT2D eigenvalue weighted by atomic mass is 10.1. The Morgan fingerprint density at radius 3 is 2.84 bits per heavy atom. The van der Waals surface area contributed by atoms with E-state index in [1.165, 1.54) is 12.2 Å². The van der Waals surface area contributed by atoms with E-state index in [2.05, 4.69) is 11.6 Å². The monoisotopic (exact) mass is 282 g/mol. The van der Waals surface area contributed by atoms with Crippen LogP contribution in [0.1, 0.15) is 29.6 Å². The summed E-state index contributed by atoms with van der Waals surface area (Å²) >= 11 is 1.85. The number of ether oxygens (including phenoxy) is 1. The van der Waals surface area contributed by atoms with Crippen LogP contribution in [0.5, 0.6) is 5.75 Å². The molecule has 4 nitrogen and oxygen atoms in total. The zero-order valence-corrected chi connectivity index (χ0v) is 12.4. The predicted molar refractivity (Wildman–Crippen MR) is 82.0 cm³/mol. The number of hydrogen-bond acceptors (Lipinski definition) is 4. The summed E-state index contributed by atoms with van der Waals surface area (Å²) in [7, 11) is 1.55. The molecule has 0 saturated carbocycles. The second-order valence-electron chi connectivity index (χ2n) is 4.27. The Balaban J connectivity index is 2.43. The molecule has 5 heteroatoms. The Hall–Kier alpha value is -1.36. The predicted octanol–water partition coefficient (Wildman–Crippen LogP) is 2.54. The highest BCUT2D eigenvalue weighted by Crippen LogP contribution is 2.20. The normalized spacial score (nSPS) is 10.2. The highest BCUT2D eigenvalue weighted by Gasteiger charge is 2.11. The van der Waals surface area contributed by atoms with Crippen LogP contribution < -0.4 is 15.8 Å². The van der Waals surface area contributed by atoms with E-state index in [1.54, 1.807) is 25.3 Å². The van der Waals surface area contributed by atoms with Crippen molar-refractivity contribution < 1.29 is 9.53 Å². The van der Waals surface area contributed by atoms with Crippen molar-refractivity contribution in [1.82, 2.24) is 5.32 Å². The van der Waals surface area contributed by atoms with Gasteiger partial charge in [-0.25, -0.2) is 0 Å². The van der Waals surface area contributed by atoms with Crippen molar-refractivity contribution in [3.8, 4) is 5.75 Å². The fourth-order valence-corrected chi connectivity index (χ4v) is 2.24. The number of unbranched alkanes of at least 4 members (excludes halogenated alkanes) is 2. The Morgan fingerprint density at radius 1 is 1.37 bits per heavy atom. The summed E-state index contributed by atoms with van der Waals surface area (Å²) < 4.78 is 5.16. The largest absolute Gasteiger partial charge is 0.496 e. The van der Waals surface area contributed by atoms with Crippen LogP contribution in [0.3, 0.4) is 0 Å². The summed E-state index contributed by atoms with van der Waals surface area (Å²) in [4.78, 5) is 12.0. The van der Waals surface area contributed by atoms with Crippen LogP contribution in [0.2, 0.25) is 0 Å². The molecule has 0 heterocycles. The standard InChI is InChI=1S/C14H22N2O2S/c1-18-13-7-6-11(15)10-12(13)14(17)16-8-4-3-5-9-19-2/h6-7,10H,3-5,8-9,15H2,1-2H3,(H,16,17). The number of methoxy groups -OCH3 is 1. The average Bonchev–Trinajstić information content (AvgIpc) is 2.42. The van der Waals surface area contributed by atoms with Crippen molar-refractivity contribution in [2.24, 2.45) is 0 Å². The maximum Gasteiger partial charge on any atom is 0.255 e. The molecule has 0 aliphatic carbocycles. The van der Waals surface area contributed by atoms with Gasteiger partial charge in [0.2, 0.25) is 0 Å². The number of amides is 1. The molecule has 1 aromatic carbocycles. The Kier molecular flexibility index (Phi) is 7.18. The third kappa shape index (κ3) is 5.42. The molecule has 19 heavy (non-hydrogen) atoms. The smallest absolute Gasteiger partial charge is 0.255 e. The van der Waals surface area contributed by atoms with E-state index in [4.69, 9.17) is 10.5 Å². The van der Waals surface area contributed by atoms with E-state index in [1.807, 2.05) is 11.8 Å². The molecule has 0 aromatic heterocycles. The number of anilines is 1. The summed E-state index contributed by atoms with van der Waals surface area (Å²) in [6, 6.07) is 5.07. The molecule has 1 aromatic rings. The zero-order valence-electron chi connectivity index (χ0n) is 11.6. The molecule has 3 N–H and O–H groups in total. The molecule has 106 valence electrons. The molecule has 1 rings (SSSR count). The van der Waals surface area contributed by atoms with Gasteiger partial charge in [0, 0.05) is 12.2 Å². The van der Waals surface area contributed by atoms with E-state index in [0.717, 1.165) is 12.8 Å². The molecule has 0 spiro atoms. The Morgan fingerprint density at radius 2 is 2.16 bits per heavy atom. The summed E-state index contributed by atoms with van der Waals surface area (Å²) in [6.45, 7) is 0.686. The van der Waals surface area contributed by atoms with Gasteiger partial charge < -0.3 is 15.8 Å². The van der Waals surface area contributed by atoms with Gasteiger partial charge in [-0.1, -0.05) is 6.42 Å². The van der Waals surface area contributed by atoms with Crippen molar-refractivity contribution in [1.29, 1.82) is 0 Å². The van der Waals surface area contributed by atoms with Crippen LogP contribution in [0.15, 0.2) is 18.2 Å². The summed E-state index contributed by atoms with van der Waals surface area (Å²) in [6.07, 6.45) is 5.43. The number of benzene rings is 1. The lowest BCUT2D eigenvalue weighted by Gasteiger charge is -2.10. The van der Waals surface area contributed by atoms with Crippen LogP contribution in [0, 0.1) is 0 Å². The van der Waals surface area contributed by atoms with Crippen molar-refractivity contribution in [3.63, 3.8) is 0 Å². The first-order valence-corrected chi connectivity index (χ1v) is 7.79. The molecule has 0 atom stereocenters. The Labute approximate surface area is 119 Å². The van der Waals surface area contributed by atoms with E-state index in [-0.39, 0.29) is 5.91 Å². The van der Waals surface area contributed by atoms with Crippen molar-refractivity contribution in [2.75, 3.05) is 31.4 Å². The van der Waals surface area contributed by atoms with Gasteiger partial charge in [-0.05, 0) is 43.0 Å². The number of rotatable bonds is 8. The van der Waals surface area contributed by atoms with Crippen molar-refractivity contribution in [3.05, 3.63) is 23.8 Å². The molecule has 0 saturated heterocycles. The maximum atomic E-state index is 12.0. The Bertz CT molecular complexity index is 410. The van der Waals surface area contributed by atoms with Crippen molar-refractivity contribution >= 4 is 23.4 Å². The van der Waals surface area contributed by atoms with Gasteiger partial charge in [0.15, 0.2) is 0 Å². The maximum absolute atomic E-state index is 12.0. The van der Waals surface area contributed by atoms with Crippen LogP contribution >= 0.6 is 11.8 Å². The highest BCUT2D eigenvalue weighted by atomic mass is 32.2. The number of thioether (sulfide) groups is 1.